The largest absolute Gasteiger partial charge is 0.500 e. The summed E-state index contributed by atoms with van der Waals surface area (Å²) < 4.78 is 17.1. The molecule has 0 N–H and O–H groups in total. The highest BCUT2D eigenvalue weighted by molar-refractivity contribution is 6.60. The second-order valence-corrected chi connectivity index (χ2v) is 6.28. The molecule has 0 fully saturated rings. The zero-order valence-corrected chi connectivity index (χ0v) is 11.8. The van der Waals surface area contributed by atoms with E-state index in [-0.39, 0.29) is 5.92 Å². The summed E-state index contributed by atoms with van der Waals surface area (Å²) in [7, 11) is -2.53. The van der Waals surface area contributed by atoms with Crippen molar-refractivity contribution < 1.29 is 13.3 Å². The van der Waals surface area contributed by atoms with Crippen LogP contribution in [-0.4, -0.2) is 28.6 Å². The molecule has 0 saturated heterocycles. The van der Waals surface area contributed by atoms with Gasteiger partial charge in [0.25, 0.3) is 0 Å². The zero-order chi connectivity index (χ0) is 12.4. The van der Waals surface area contributed by atoms with Gasteiger partial charge >= 0.3 is 8.80 Å². The van der Waals surface area contributed by atoms with Gasteiger partial charge in [0, 0.05) is 31.8 Å². The van der Waals surface area contributed by atoms with Crippen molar-refractivity contribution in [3.63, 3.8) is 0 Å². The van der Waals surface area contributed by atoms with Crippen molar-refractivity contribution in [2.45, 2.75) is 40.2 Å². The van der Waals surface area contributed by atoms with Crippen molar-refractivity contribution in [1.82, 2.24) is 0 Å². The molecule has 0 aliphatic heterocycles. The SMILES string of the molecule is CCO[Si](CC[C@H](C)C#N)(OCC)OCC. The van der Waals surface area contributed by atoms with Gasteiger partial charge in [0.1, 0.15) is 0 Å². The van der Waals surface area contributed by atoms with E-state index in [9.17, 15) is 0 Å². The highest BCUT2D eigenvalue weighted by Gasteiger charge is 2.40. The van der Waals surface area contributed by atoms with Gasteiger partial charge in [0.2, 0.25) is 0 Å². The summed E-state index contributed by atoms with van der Waals surface area (Å²) in [6, 6.07) is 2.94. The highest BCUT2D eigenvalue weighted by Crippen LogP contribution is 2.20. The van der Waals surface area contributed by atoms with Crippen LogP contribution in [0, 0.1) is 17.2 Å². The van der Waals surface area contributed by atoms with E-state index in [2.05, 4.69) is 6.07 Å². The Morgan fingerprint density at radius 1 is 1.06 bits per heavy atom. The molecular weight excluding hydrogens is 222 g/mol. The molecule has 5 heteroatoms. The van der Waals surface area contributed by atoms with E-state index in [0.717, 1.165) is 12.5 Å². The van der Waals surface area contributed by atoms with Gasteiger partial charge in [-0.1, -0.05) is 0 Å². The summed E-state index contributed by atoms with van der Waals surface area (Å²) >= 11 is 0. The number of nitrogens with zero attached hydrogens (tertiary/aromatic N) is 1. The molecule has 0 aromatic rings. The number of hydrogen-bond acceptors (Lipinski definition) is 4. The van der Waals surface area contributed by atoms with Crippen LogP contribution in [0.25, 0.3) is 0 Å². The maximum Gasteiger partial charge on any atom is 0.500 e. The molecule has 0 aromatic carbocycles. The van der Waals surface area contributed by atoms with Crippen molar-refractivity contribution in [3.05, 3.63) is 0 Å². The third-order valence-electron chi connectivity index (χ3n) is 2.20. The predicted molar refractivity (Wildman–Crippen MR) is 64.8 cm³/mol. The molecule has 0 aliphatic rings. The van der Waals surface area contributed by atoms with Gasteiger partial charge in [-0.2, -0.15) is 5.26 Å². The van der Waals surface area contributed by atoms with Gasteiger partial charge in [0.15, 0.2) is 0 Å². The fourth-order valence-corrected chi connectivity index (χ4v) is 4.25. The fraction of sp³-hybridized carbons (Fsp3) is 0.909. The van der Waals surface area contributed by atoms with E-state index in [4.69, 9.17) is 18.5 Å². The first-order valence-electron chi connectivity index (χ1n) is 5.95. The highest BCUT2D eigenvalue weighted by atomic mass is 28.4. The molecule has 1 atom stereocenters. The standard InChI is InChI=1S/C11H23NO3Si/c1-5-13-16(14-6-2,15-7-3)9-8-11(4)10-12/h11H,5-9H2,1-4H3/t11-/m0/s1. The lowest BCUT2D eigenvalue weighted by molar-refractivity contribution is 0.0702. The van der Waals surface area contributed by atoms with E-state index in [1.807, 2.05) is 27.7 Å². The second-order valence-electron chi connectivity index (χ2n) is 3.55. The van der Waals surface area contributed by atoms with E-state index >= 15 is 0 Å². The minimum absolute atomic E-state index is 0.0215. The molecule has 0 aliphatic carbocycles. The average Bonchev–Trinajstić information content (AvgIpc) is 2.27. The third kappa shape index (κ3) is 5.61. The first-order valence-corrected chi connectivity index (χ1v) is 7.88. The number of rotatable bonds is 9. The summed E-state index contributed by atoms with van der Waals surface area (Å²) in [5, 5.41) is 8.76. The van der Waals surface area contributed by atoms with Crippen LogP contribution < -0.4 is 0 Å². The molecule has 0 unspecified atom stereocenters. The molecule has 4 nitrogen and oxygen atoms in total. The van der Waals surface area contributed by atoms with Crippen molar-refractivity contribution in [1.29, 1.82) is 5.26 Å². The molecule has 0 amide bonds. The van der Waals surface area contributed by atoms with Crippen LogP contribution in [0.1, 0.15) is 34.1 Å². The summed E-state index contributed by atoms with van der Waals surface area (Å²) in [5.41, 5.74) is 0. The van der Waals surface area contributed by atoms with Crippen LogP contribution in [0.15, 0.2) is 0 Å². The molecule has 0 heterocycles. The molecular formula is C11H23NO3Si. The van der Waals surface area contributed by atoms with Crippen LogP contribution in [0.2, 0.25) is 6.04 Å². The molecule has 0 rings (SSSR count). The van der Waals surface area contributed by atoms with Gasteiger partial charge in [0.05, 0.1) is 6.07 Å². The van der Waals surface area contributed by atoms with Crippen LogP contribution in [0.4, 0.5) is 0 Å². The number of nitriles is 1. The van der Waals surface area contributed by atoms with Crippen molar-refractivity contribution in [3.8, 4) is 6.07 Å². The Labute approximate surface area is 99.9 Å². The van der Waals surface area contributed by atoms with Gasteiger partial charge in [-0.05, 0) is 34.1 Å². The molecule has 0 aromatic heterocycles. The van der Waals surface area contributed by atoms with E-state index in [1.54, 1.807) is 0 Å². The Morgan fingerprint density at radius 3 is 1.81 bits per heavy atom. The fourth-order valence-electron chi connectivity index (χ4n) is 1.46. The van der Waals surface area contributed by atoms with E-state index < -0.39 is 8.80 Å². The molecule has 0 bridgehead atoms. The Bertz CT molecular complexity index is 201. The van der Waals surface area contributed by atoms with Crippen LogP contribution >= 0.6 is 0 Å². The average molecular weight is 245 g/mol. The quantitative estimate of drug-likeness (QED) is 0.586. The lowest BCUT2D eigenvalue weighted by Gasteiger charge is -2.28. The Morgan fingerprint density at radius 2 is 1.50 bits per heavy atom. The van der Waals surface area contributed by atoms with Crippen molar-refractivity contribution in [2.24, 2.45) is 5.92 Å². The first-order chi connectivity index (χ1) is 7.64. The summed E-state index contributed by atoms with van der Waals surface area (Å²) in [6.45, 7) is 9.49. The van der Waals surface area contributed by atoms with Gasteiger partial charge < -0.3 is 13.3 Å². The van der Waals surface area contributed by atoms with Crippen LogP contribution in [-0.2, 0) is 13.3 Å². The maximum absolute atomic E-state index is 8.76. The molecule has 0 spiro atoms. The van der Waals surface area contributed by atoms with Crippen molar-refractivity contribution in [2.75, 3.05) is 19.8 Å². The molecule has 16 heavy (non-hydrogen) atoms. The molecule has 0 saturated carbocycles. The second kappa shape index (κ2) is 8.71. The third-order valence-corrected chi connectivity index (χ3v) is 5.28. The monoisotopic (exact) mass is 245 g/mol. The number of hydrogen-bond donors (Lipinski definition) is 0. The zero-order valence-electron chi connectivity index (χ0n) is 10.8. The maximum atomic E-state index is 8.76. The van der Waals surface area contributed by atoms with Crippen LogP contribution in [0.5, 0.6) is 0 Å². The summed E-state index contributed by atoms with van der Waals surface area (Å²) in [6.07, 6.45) is 0.767. The molecule has 0 radical (unpaired) electrons. The lowest BCUT2D eigenvalue weighted by atomic mass is 10.1. The van der Waals surface area contributed by atoms with Gasteiger partial charge in [-0.25, -0.2) is 0 Å². The minimum Gasteiger partial charge on any atom is -0.374 e. The summed E-state index contributed by atoms with van der Waals surface area (Å²) in [5.74, 6) is 0.0215. The normalized spacial score (nSPS) is 13.4. The predicted octanol–water partition coefficient (Wildman–Crippen LogP) is 2.58. The van der Waals surface area contributed by atoms with Gasteiger partial charge in [-0.15, -0.1) is 0 Å². The van der Waals surface area contributed by atoms with Gasteiger partial charge in [-0.3, -0.25) is 0 Å². The Balaban J connectivity index is 4.41. The lowest BCUT2D eigenvalue weighted by Crippen LogP contribution is -2.46. The van der Waals surface area contributed by atoms with Crippen molar-refractivity contribution >= 4 is 8.80 Å². The topological polar surface area (TPSA) is 51.5 Å². The Hall–Kier alpha value is -0.413. The smallest absolute Gasteiger partial charge is 0.374 e. The first kappa shape index (κ1) is 15.6. The van der Waals surface area contributed by atoms with Crippen LogP contribution in [0.3, 0.4) is 0 Å². The van der Waals surface area contributed by atoms with E-state index in [0.29, 0.717) is 19.8 Å². The van der Waals surface area contributed by atoms with E-state index in [1.165, 1.54) is 0 Å². The minimum atomic E-state index is -2.53. The molecule has 94 valence electrons. The summed E-state index contributed by atoms with van der Waals surface area (Å²) in [4.78, 5) is 0. The Kier molecular flexibility index (Phi) is 8.48.